The second-order valence-corrected chi connectivity index (χ2v) is 6.36. The van der Waals surface area contributed by atoms with Gasteiger partial charge in [-0.05, 0) is 54.7 Å². The fourth-order valence-corrected chi connectivity index (χ4v) is 3.21. The van der Waals surface area contributed by atoms with Gasteiger partial charge >= 0.3 is 5.97 Å². The summed E-state index contributed by atoms with van der Waals surface area (Å²) in [4.78, 5) is 24.1. The lowest BCUT2D eigenvalue weighted by Gasteiger charge is -2.24. The van der Waals surface area contributed by atoms with E-state index in [2.05, 4.69) is 5.32 Å². The quantitative estimate of drug-likeness (QED) is 0.855. The molecule has 6 nitrogen and oxygen atoms in total. The van der Waals surface area contributed by atoms with E-state index in [1.807, 2.05) is 24.3 Å². The maximum Gasteiger partial charge on any atom is 0.351 e. The van der Waals surface area contributed by atoms with Gasteiger partial charge < -0.3 is 19.5 Å². The Bertz CT molecular complexity index is 848. The first-order chi connectivity index (χ1) is 12.7. The Morgan fingerprint density at radius 3 is 2.77 bits per heavy atom. The molecule has 0 radical (unpaired) electrons. The Kier molecular flexibility index (Phi) is 4.48. The smallest absolute Gasteiger partial charge is 0.351 e. The average molecular weight is 353 g/mol. The highest BCUT2D eigenvalue weighted by Gasteiger charge is 2.29. The lowest BCUT2D eigenvalue weighted by Crippen LogP contribution is -2.39. The number of rotatable bonds is 4. The lowest BCUT2D eigenvalue weighted by molar-refractivity contribution is -0.156. The summed E-state index contributed by atoms with van der Waals surface area (Å²) in [5.41, 5.74) is 3.33. The van der Waals surface area contributed by atoms with Gasteiger partial charge in [0.05, 0.1) is 0 Å². The van der Waals surface area contributed by atoms with E-state index in [0.29, 0.717) is 11.5 Å². The van der Waals surface area contributed by atoms with E-state index in [4.69, 9.17) is 14.2 Å². The second-order valence-electron chi connectivity index (χ2n) is 6.36. The van der Waals surface area contributed by atoms with Crippen molar-refractivity contribution in [2.75, 3.05) is 18.5 Å². The van der Waals surface area contributed by atoms with Gasteiger partial charge in [-0.15, -0.1) is 0 Å². The van der Waals surface area contributed by atoms with Gasteiger partial charge in [0.25, 0.3) is 5.91 Å². The van der Waals surface area contributed by atoms with Crippen molar-refractivity contribution in [1.29, 1.82) is 0 Å². The molecule has 1 atom stereocenters. The molecule has 1 heterocycles. The molecule has 0 saturated heterocycles. The van der Waals surface area contributed by atoms with Crippen molar-refractivity contribution in [3.05, 3.63) is 53.6 Å². The van der Waals surface area contributed by atoms with Gasteiger partial charge in [0.15, 0.2) is 18.1 Å². The van der Waals surface area contributed by atoms with Crippen molar-refractivity contribution in [2.24, 2.45) is 0 Å². The summed E-state index contributed by atoms with van der Waals surface area (Å²) >= 11 is 0. The summed E-state index contributed by atoms with van der Waals surface area (Å²) in [6.07, 6.45) is 2.40. The van der Waals surface area contributed by atoms with Gasteiger partial charge in [0.1, 0.15) is 6.61 Å². The van der Waals surface area contributed by atoms with Gasteiger partial charge in [0.2, 0.25) is 6.10 Å². The molecule has 2 aromatic rings. The monoisotopic (exact) mass is 353 g/mol. The molecular weight excluding hydrogens is 334 g/mol. The number of hydrogen-bond acceptors (Lipinski definition) is 5. The number of esters is 1. The highest BCUT2D eigenvalue weighted by molar-refractivity contribution is 5.93. The molecule has 0 saturated carbocycles. The minimum atomic E-state index is -0.877. The molecule has 1 aliphatic heterocycles. The van der Waals surface area contributed by atoms with Crippen LogP contribution in [-0.4, -0.2) is 31.2 Å². The fraction of sp³-hybridized carbons (Fsp3) is 0.300. The molecule has 2 aromatic carbocycles. The molecule has 0 aromatic heterocycles. The maximum absolute atomic E-state index is 12.1. The van der Waals surface area contributed by atoms with E-state index < -0.39 is 12.1 Å². The second kappa shape index (κ2) is 7.07. The number of amides is 1. The van der Waals surface area contributed by atoms with Crippen LogP contribution in [-0.2, 0) is 27.2 Å². The summed E-state index contributed by atoms with van der Waals surface area (Å²) in [6.45, 7) is -0.306. The van der Waals surface area contributed by atoms with Crippen LogP contribution < -0.4 is 14.8 Å². The predicted octanol–water partition coefficient (Wildman–Crippen LogP) is 2.50. The highest BCUT2D eigenvalue weighted by atomic mass is 16.6. The van der Waals surface area contributed by atoms with E-state index >= 15 is 0 Å². The van der Waals surface area contributed by atoms with Crippen LogP contribution in [0.1, 0.15) is 17.5 Å². The first-order valence-corrected chi connectivity index (χ1v) is 8.66. The molecule has 0 bridgehead atoms. The van der Waals surface area contributed by atoms with Crippen LogP contribution in [0.3, 0.4) is 0 Å². The largest absolute Gasteiger partial charge is 0.485 e. The standard InChI is InChI=1S/C20H19NO5/c22-19(21-15-9-8-13-4-3-5-14(13)10-15)12-25-20(23)18-11-24-16-6-1-2-7-17(16)26-18/h1-2,6-10,18H,3-5,11-12H2,(H,21,22)/t18-/m0/s1. The number of hydrogen-bond donors (Lipinski definition) is 1. The molecule has 2 aliphatic rings. The van der Waals surface area contributed by atoms with Gasteiger partial charge in [-0.1, -0.05) is 18.2 Å². The minimum Gasteiger partial charge on any atom is -0.485 e. The van der Waals surface area contributed by atoms with Crippen molar-refractivity contribution < 1.29 is 23.8 Å². The van der Waals surface area contributed by atoms with Crippen molar-refractivity contribution in [3.63, 3.8) is 0 Å². The zero-order valence-electron chi connectivity index (χ0n) is 14.2. The normalized spacial score (nSPS) is 17.3. The molecule has 1 aliphatic carbocycles. The number of anilines is 1. The van der Waals surface area contributed by atoms with Crippen LogP contribution in [0.4, 0.5) is 5.69 Å². The number of aryl methyl sites for hydroxylation is 2. The van der Waals surface area contributed by atoms with Crippen molar-refractivity contribution in [1.82, 2.24) is 0 Å². The summed E-state index contributed by atoms with van der Waals surface area (Å²) in [5, 5.41) is 2.76. The molecular formula is C20H19NO5. The number of ether oxygens (including phenoxy) is 3. The van der Waals surface area contributed by atoms with E-state index in [9.17, 15) is 9.59 Å². The van der Waals surface area contributed by atoms with Gasteiger partial charge in [-0.3, -0.25) is 4.79 Å². The molecule has 6 heteroatoms. The molecule has 134 valence electrons. The summed E-state index contributed by atoms with van der Waals surface area (Å²) in [6, 6.07) is 13.0. The topological polar surface area (TPSA) is 73.9 Å². The van der Waals surface area contributed by atoms with Crippen LogP contribution in [0.15, 0.2) is 42.5 Å². The predicted molar refractivity (Wildman–Crippen MR) is 94.4 cm³/mol. The Morgan fingerprint density at radius 1 is 1.08 bits per heavy atom. The number of fused-ring (bicyclic) bond motifs is 2. The highest BCUT2D eigenvalue weighted by Crippen LogP contribution is 2.31. The number of carbonyl (C=O) groups is 2. The molecule has 26 heavy (non-hydrogen) atoms. The molecule has 0 unspecified atom stereocenters. The van der Waals surface area contributed by atoms with E-state index in [1.165, 1.54) is 11.1 Å². The van der Waals surface area contributed by atoms with E-state index in [1.54, 1.807) is 18.2 Å². The zero-order chi connectivity index (χ0) is 17.9. The third kappa shape index (κ3) is 3.49. The zero-order valence-corrected chi connectivity index (χ0v) is 14.2. The van der Waals surface area contributed by atoms with E-state index in [0.717, 1.165) is 24.9 Å². The van der Waals surface area contributed by atoms with Gasteiger partial charge in [-0.2, -0.15) is 0 Å². The average Bonchev–Trinajstić information content (AvgIpc) is 3.13. The fourth-order valence-electron chi connectivity index (χ4n) is 3.21. The van der Waals surface area contributed by atoms with E-state index in [-0.39, 0.29) is 19.1 Å². The first-order valence-electron chi connectivity index (χ1n) is 8.66. The van der Waals surface area contributed by atoms with Crippen molar-refractivity contribution >= 4 is 17.6 Å². The number of nitrogens with one attached hydrogen (secondary N) is 1. The van der Waals surface area contributed by atoms with Crippen LogP contribution in [0, 0.1) is 0 Å². The lowest BCUT2D eigenvalue weighted by atomic mass is 10.1. The third-order valence-electron chi connectivity index (χ3n) is 4.50. The Balaban J connectivity index is 1.28. The van der Waals surface area contributed by atoms with Crippen molar-refractivity contribution in [3.8, 4) is 11.5 Å². The van der Waals surface area contributed by atoms with Crippen LogP contribution in [0.2, 0.25) is 0 Å². The SMILES string of the molecule is O=C(COC(=O)[C@@H]1COc2ccccc2O1)Nc1ccc2c(c1)CCC2. The van der Waals surface area contributed by atoms with Crippen molar-refractivity contribution in [2.45, 2.75) is 25.4 Å². The van der Waals surface area contributed by atoms with Gasteiger partial charge in [-0.25, -0.2) is 4.79 Å². The minimum absolute atomic E-state index is 0.0578. The Hall–Kier alpha value is -3.02. The number of carbonyl (C=O) groups excluding carboxylic acids is 2. The molecule has 1 amide bonds. The van der Waals surface area contributed by atoms with Crippen LogP contribution in [0.25, 0.3) is 0 Å². The van der Waals surface area contributed by atoms with Crippen LogP contribution >= 0.6 is 0 Å². The summed E-state index contributed by atoms with van der Waals surface area (Å²) in [5.74, 6) is 0.0752. The summed E-state index contributed by atoms with van der Waals surface area (Å²) in [7, 11) is 0. The molecule has 4 rings (SSSR count). The summed E-state index contributed by atoms with van der Waals surface area (Å²) < 4.78 is 16.1. The third-order valence-corrected chi connectivity index (χ3v) is 4.50. The first kappa shape index (κ1) is 16.4. The number of para-hydroxylation sites is 2. The van der Waals surface area contributed by atoms with Crippen LogP contribution in [0.5, 0.6) is 11.5 Å². The molecule has 1 N–H and O–H groups in total. The molecule has 0 spiro atoms. The Labute approximate surface area is 151 Å². The maximum atomic E-state index is 12.1. The van der Waals surface area contributed by atoms with Gasteiger partial charge in [0, 0.05) is 5.69 Å². The number of benzene rings is 2. The Morgan fingerprint density at radius 2 is 1.88 bits per heavy atom. The molecule has 0 fully saturated rings.